The Labute approximate surface area is 179 Å². The Hall–Kier alpha value is -2.80. The molecule has 0 aliphatic rings. The molecule has 0 aromatic carbocycles. The molecule has 15 heteroatoms. The van der Waals surface area contributed by atoms with Crippen LogP contribution in [0.3, 0.4) is 0 Å². The van der Waals surface area contributed by atoms with E-state index in [1.165, 1.54) is 0 Å². The average Bonchev–Trinajstić information content (AvgIpc) is 2.65. The van der Waals surface area contributed by atoms with Gasteiger partial charge in [-0.2, -0.15) is 26.3 Å². The van der Waals surface area contributed by atoms with Gasteiger partial charge < -0.3 is 9.47 Å². The summed E-state index contributed by atoms with van der Waals surface area (Å²) in [6.07, 6.45) is -8.34. The summed E-state index contributed by atoms with van der Waals surface area (Å²) in [5.41, 5.74) is -3.10. The Morgan fingerprint density at radius 3 is 1.81 bits per heavy atom. The van der Waals surface area contributed by atoms with Gasteiger partial charge in [-0.05, 0) is 12.1 Å². The number of hydrogen-bond donors (Lipinski definition) is 1. The van der Waals surface area contributed by atoms with Crippen LogP contribution in [0.4, 0.5) is 26.3 Å². The minimum absolute atomic E-state index is 0.0169. The minimum atomic E-state index is -4.66. The zero-order valence-corrected chi connectivity index (χ0v) is 16.8. The fourth-order valence-electron chi connectivity index (χ4n) is 1.83. The number of ether oxygens (including phenoxy) is 2. The molecular formula is C16H11Cl2F6N2O5+. The van der Waals surface area contributed by atoms with Gasteiger partial charge in [0.25, 0.3) is 0 Å². The number of nitrogens with zero attached hydrogens (tertiary/aromatic N) is 2. The molecule has 0 saturated heterocycles. The molecule has 0 aliphatic heterocycles. The van der Waals surface area contributed by atoms with Crippen LogP contribution in [0.25, 0.3) is 0 Å². The van der Waals surface area contributed by atoms with Gasteiger partial charge in [-0.3, -0.25) is 5.21 Å². The van der Waals surface area contributed by atoms with Gasteiger partial charge in [-0.15, -0.1) is 0 Å². The molecule has 31 heavy (non-hydrogen) atoms. The molecule has 0 fully saturated rings. The van der Waals surface area contributed by atoms with Gasteiger partial charge in [-0.1, -0.05) is 23.2 Å². The quantitative estimate of drug-likeness (QED) is 0.290. The van der Waals surface area contributed by atoms with E-state index in [1.54, 1.807) is 0 Å². The molecule has 170 valence electrons. The zero-order valence-electron chi connectivity index (χ0n) is 15.3. The maximum atomic E-state index is 12.3. The van der Waals surface area contributed by atoms with Crippen molar-refractivity contribution in [3.05, 3.63) is 57.1 Å². The van der Waals surface area contributed by atoms with E-state index in [4.69, 9.17) is 28.4 Å². The number of methoxy groups -OCH3 is 2. The number of hydrogen-bond acceptors (Lipinski definition) is 6. The second-order valence-electron chi connectivity index (χ2n) is 5.30. The van der Waals surface area contributed by atoms with Gasteiger partial charge in [0, 0.05) is 10.9 Å². The molecule has 0 atom stereocenters. The lowest BCUT2D eigenvalue weighted by Gasteiger charge is -2.07. The molecule has 0 aliphatic carbocycles. The van der Waals surface area contributed by atoms with E-state index in [-0.39, 0.29) is 10.4 Å². The van der Waals surface area contributed by atoms with Crippen molar-refractivity contribution < 1.29 is 55.3 Å². The van der Waals surface area contributed by atoms with Gasteiger partial charge in [-0.25, -0.2) is 14.6 Å². The van der Waals surface area contributed by atoms with Crippen LogP contribution in [0, 0.1) is 0 Å². The third-order valence-electron chi connectivity index (χ3n) is 3.25. The van der Waals surface area contributed by atoms with Crippen molar-refractivity contribution in [3.63, 3.8) is 0 Å². The molecule has 0 amide bonds. The van der Waals surface area contributed by atoms with E-state index < -0.39 is 51.2 Å². The highest BCUT2D eigenvalue weighted by molar-refractivity contribution is 6.33. The van der Waals surface area contributed by atoms with Crippen molar-refractivity contribution in [2.75, 3.05) is 14.2 Å². The smallest absolute Gasteiger partial charge is 0.422 e. The predicted octanol–water partition coefficient (Wildman–Crippen LogP) is 4.21. The van der Waals surface area contributed by atoms with E-state index in [9.17, 15) is 35.9 Å². The third-order valence-corrected chi connectivity index (χ3v) is 3.83. The topological polar surface area (TPSA) is 89.6 Å². The highest BCUT2D eigenvalue weighted by atomic mass is 35.5. The summed E-state index contributed by atoms with van der Waals surface area (Å²) in [5.74, 6) is -1.92. The predicted molar refractivity (Wildman–Crippen MR) is 90.8 cm³/mol. The summed E-state index contributed by atoms with van der Waals surface area (Å²) in [4.78, 5) is 25.3. The number of carbonyl (C=O) groups excluding carboxylic acids is 2. The second kappa shape index (κ2) is 10.0. The van der Waals surface area contributed by atoms with Crippen molar-refractivity contribution >= 4 is 35.1 Å². The number of esters is 2. The SMILES string of the molecule is COC(=O)c1c(Cl)cc(C(F)(F)F)c[n+]1O.COC(=O)c1ncc(C(F)(F)F)cc1Cl. The highest BCUT2D eigenvalue weighted by Gasteiger charge is 2.37. The van der Waals surface area contributed by atoms with Gasteiger partial charge >= 0.3 is 30.0 Å². The van der Waals surface area contributed by atoms with Crippen molar-refractivity contribution in [1.82, 2.24) is 4.98 Å². The number of alkyl halides is 6. The fourth-order valence-corrected chi connectivity index (χ4v) is 2.36. The lowest BCUT2D eigenvalue weighted by molar-refractivity contribution is -0.906. The molecule has 0 saturated carbocycles. The zero-order chi connectivity index (χ0) is 24.1. The number of carbonyl (C=O) groups is 2. The second-order valence-corrected chi connectivity index (χ2v) is 6.12. The summed E-state index contributed by atoms with van der Waals surface area (Å²) in [6, 6.07) is 1.15. The fraction of sp³-hybridized carbons (Fsp3) is 0.250. The van der Waals surface area contributed by atoms with Crippen molar-refractivity contribution in [2.24, 2.45) is 0 Å². The molecule has 1 N–H and O–H groups in total. The molecule has 2 aromatic heterocycles. The standard InChI is InChI=1S/C8H6ClF3NO3.C8H5ClF3NO2/c1-16-7(14)6-5(9)2-4(3-13(6)15)8(10,11)12;1-15-7(14)6-5(9)2-4(3-13-6)8(10,11)12/h2-3,15H,1H3;2-3H,1H3/q+1;. The van der Waals surface area contributed by atoms with Crippen LogP contribution in [-0.2, 0) is 21.8 Å². The molecule has 0 unspecified atom stereocenters. The van der Waals surface area contributed by atoms with Crippen molar-refractivity contribution in [2.45, 2.75) is 12.4 Å². The van der Waals surface area contributed by atoms with Crippen LogP contribution in [-0.4, -0.2) is 36.3 Å². The first-order valence-corrected chi connectivity index (χ1v) is 8.30. The summed E-state index contributed by atoms with van der Waals surface area (Å²) < 4.78 is 81.8. The largest absolute Gasteiger partial charge is 0.464 e. The van der Waals surface area contributed by atoms with Crippen molar-refractivity contribution in [1.29, 1.82) is 0 Å². The molecule has 0 spiro atoms. The molecular weight excluding hydrogens is 485 g/mol. The molecule has 0 radical (unpaired) electrons. The van der Waals surface area contributed by atoms with Crippen LogP contribution in [0.5, 0.6) is 0 Å². The molecule has 2 rings (SSSR count). The van der Waals surface area contributed by atoms with Crippen LogP contribution in [0.2, 0.25) is 10.0 Å². The van der Waals surface area contributed by atoms with Crippen LogP contribution >= 0.6 is 23.2 Å². The molecule has 2 heterocycles. The van der Waals surface area contributed by atoms with Crippen LogP contribution < -0.4 is 4.73 Å². The lowest BCUT2D eigenvalue weighted by Crippen LogP contribution is -2.39. The number of pyridine rings is 2. The van der Waals surface area contributed by atoms with E-state index in [0.29, 0.717) is 24.5 Å². The molecule has 0 bridgehead atoms. The van der Waals surface area contributed by atoms with Crippen molar-refractivity contribution in [3.8, 4) is 0 Å². The van der Waals surface area contributed by atoms with Crippen LogP contribution in [0.15, 0.2) is 24.5 Å². The monoisotopic (exact) mass is 495 g/mol. The summed E-state index contributed by atoms with van der Waals surface area (Å²) >= 11 is 10.9. The van der Waals surface area contributed by atoms with Gasteiger partial charge in [0.1, 0.15) is 10.6 Å². The Balaban J connectivity index is 0.000000311. The first-order valence-electron chi connectivity index (χ1n) is 7.54. The maximum Gasteiger partial charge on any atom is 0.422 e. The Morgan fingerprint density at radius 1 is 0.935 bits per heavy atom. The Bertz CT molecular complexity index is 959. The normalized spacial score (nSPS) is 11.3. The molecule has 2 aromatic rings. The maximum absolute atomic E-state index is 12.3. The summed E-state index contributed by atoms with van der Waals surface area (Å²) in [6.45, 7) is 0. The summed E-state index contributed by atoms with van der Waals surface area (Å²) in [5, 5.41) is 8.22. The molecule has 7 nitrogen and oxygen atoms in total. The van der Waals surface area contributed by atoms with E-state index >= 15 is 0 Å². The average molecular weight is 496 g/mol. The van der Waals surface area contributed by atoms with Crippen LogP contribution in [0.1, 0.15) is 32.1 Å². The first kappa shape index (κ1) is 26.2. The van der Waals surface area contributed by atoms with Gasteiger partial charge in [0.15, 0.2) is 5.69 Å². The van der Waals surface area contributed by atoms with E-state index in [0.717, 1.165) is 14.2 Å². The Morgan fingerprint density at radius 2 is 1.42 bits per heavy atom. The Kier molecular flexibility index (Phi) is 8.47. The number of rotatable bonds is 2. The number of aromatic nitrogens is 2. The minimum Gasteiger partial charge on any atom is -0.464 e. The van der Waals surface area contributed by atoms with Gasteiger partial charge in [0.2, 0.25) is 6.20 Å². The highest BCUT2D eigenvalue weighted by Crippen LogP contribution is 2.31. The van der Waals surface area contributed by atoms with E-state index in [2.05, 4.69) is 14.5 Å². The van der Waals surface area contributed by atoms with E-state index in [1.807, 2.05) is 0 Å². The number of halogens is 8. The first-order chi connectivity index (χ1) is 14.1. The third kappa shape index (κ3) is 6.85. The van der Waals surface area contributed by atoms with Gasteiger partial charge in [0.05, 0.1) is 24.8 Å². The summed E-state index contributed by atoms with van der Waals surface area (Å²) in [7, 11) is 2.09. The lowest BCUT2D eigenvalue weighted by atomic mass is 10.2.